The number of hydrogen-bond donors (Lipinski definition) is 6. The summed E-state index contributed by atoms with van der Waals surface area (Å²) in [6, 6.07) is 0. The highest BCUT2D eigenvalue weighted by Crippen LogP contribution is 2.32. The predicted molar refractivity (Wildman–Crippen MR) is 90.5 cm³/mol. The number of amides is 1. The second-order valence-corrected chi connectivity index (χ2v) is 7.05. The zero-order chi connectivity index (χ0) is 21.0. The zero-order valence-corrected chi connectivity index (χ0v) is 15.5. The van der Waals surface area contributed by atoms with Crippen molar-refractivity contribution in [2.24, 2.45) is 11.8 Å². The topological polar surface area (TPSA) is 194 Å². The van der Waals surface area contributed by atoms with Gasteiger partial charge in [0.05, 0.1) is 25.4 Å². The molecule has 2 saturated heterocycles. The Morgan fingerprint density at radius 1 is 1.07 bits per heavy atom. The van der Waals surface area contributed by atoms with Gasteiger partial charge in [-0.15, -0.1) is 0 Å². The third kappa shape index (κ3) is 4.74. The fourth-order valence-electron chi connectivity index (χ4n) is 3.33. The van der Waals surface area contributed by atoms with E-state index in [1.807, 2.05) is 0 Å². The van der Waals surface area contributed by atoms with Gasteiger partial charge in [-0.3, -0.25) is 4.79 Å². The largest absolute Gasteiger partial charge is 0.394 e. The number of carbonyl (C=O) groups excluding carboxylic acids is 1. The highest BCUT2D eigenvalue weighted by Gasteiger charge is 2.49. The Labute approximate surface area is 161 Å². The lowest BCUT2D eigenvalue weighted by molar-refractivity contribution is -0.327. The molecule has 0 radical (unpaired) electrons. The van der Waals surface area contributed by atoms with E-state index in [1.165, 1.54) is 0 Å². The third-order valence-corrected chi connectivity index (χ3v) is 5.16. The highest BCUT2D eigenvalue weighted by atomic mass is 16.7. The van der Waals surface area contributed by atoms with E-state index in [9.17, 15) is 30.3 Å². The van der Waals surface area contributed by atoms with Crippen molar-refractivity contribution in [2.75, 3.05) is 13.2 Å². The first-order valence-corrected chi connectivity index (χ1v) is 8.95. The smallest absolute Gasteiger partial charge is 0.344 e. The summed E-state index contributed by atoms with van der Waals surface area (Å²) in [6.45, 7) is 2.05. The molecular weight excluding hydrogens is 378 g/mol. The first-order valence-electron chi connectivity index (χ1n) is 8.95. The van der Waals surface area contributed by atoms with Crippen LogP contribution in [-0.4, -0.2) is 105 Å². The van der Waals surface area contributed by atoms with E-state index < -0.39 is 80.1 Å². The normalized spacial score (nSPS) is 43.8. The monoisotopic (exact) mass is 405 g/mol. The van der Waals surface area contributed by atoms with Crippen molar-refractivity contribution in [3.05, 3.63) is 5.53 Å². The molecule has 0 saturated carbocycles. The second kappa shape index (κ2) is 9.83. The van der Waals surface area contributed by atoms with Crippen molar-refractivity contribution in [1.82, 2.24) is 5.32 Å². The maximum Gasteiger partial charge on any atom is 0.344 e. The Balaban J connectivity index is 2.12. The molecule has 160 valence electrons. The van der Waals surface area contributed by atoms with Gasteiger partial charge in [0.25, 0.3) is 0 Å². The summed E-state index contributed by atoms with van der Waals surface area (Å²) in [5.41, 5.74) is 8.40. The van der Waals surface area contributed by atoms with Crippen LogP contribution in [-0.2, 0) is 19.0 Å². The van der Waals surface area contributed by atoms with E-state index in [0.717, 1.165) is 0 Å². The van der Waals surface area contributed by atoms with E-state index in [4.69, 9.17) is 19.7 Å². The second-order valence-electron chi connectivity index (χ2n) is 7.05. The van der Waals surface area contributed by atoms with Crippen LogP contribution in [0.25, 0.3) is 5.53 Å². The lowest BCUT2D eigenvalue weighted by atomic mass is 9.89. The molecule has 0 aromatic heterocycles. The number of ether oxygens (including phenoxy) is 3. The molecule has 6 N–H and O–H groups in total. The summed E-state index contributed by atoms with van der Waals surface area (Å²) in [6.07, 6.45) is -8.38. The van der Waals surface area contributed by atoms with Crippen molar-refractivity contribution >= 4 is 12.1 Å². The minimum Gasteiger partial charge on any atom is -0.394 e. The van der Waals surface area contributed by atoms with E-state index >= 15 is 0 Å². The van der Waals surface area contributed by atoms with Crippen LogP contribution in [0.1, 0.15) is 13.8 Å². The molecule has 0 aliphatic carbocycles. The number of hydrogen-bond acceptors (Lipinski definition) is 9. The van der Waals surface area contributed by atoms with Crippen molar-refractivity contribution < 1.29 is 49.3 Å². The number of aliphatic hydroxyl groups is 5. The minimum absolute atomic E-state index is 0.547. The Morgan fingerprint density at radius 2 is 1.71 bits per heavy atom. The van der Waals surface area contributed by atoms with Gasteiger partial charge < -0.3 is 50.6 Å². The van der Waals surface area contributed by atoms with Gasteiger partial charge in [-0.2, -0.15) is 4.79 Å². The van der Waals surface area contributed by atoms with E-state index in [-0.39, 0.29) is 0 Å². The summed E-state index contributed by atoms with van der Waals surface area (Å²) in [4.78, 5) is 14.2. The Morgan fingerprint density at radius 3 is 2.29 bits per heavy atom. The molecule has 2 heterocycles. The van der Waals surface area contributed by atoms with Gasteiger partial charge in [-0.05, 0) is 0 Å². The SMILES string of the molecule is CC1[C@H](O[C@H]2C(CO)O[C@@H](NC(=O)C=[N+]=[N-])C(C)[C@H]2O)OC(CO)[C@H](O)[C@@H]1O. The minimum atomic E-state index is -1.30. The van der Waals surface area contributed by atoms with Gasteiger partial charge in [0.15, 0.2) is 6.29 Å². The number of aliphatic hydroxyl groups excluding tert-OH is 5. The van der Waals surface area contributed by atoms with Crippen molar-refractivity contribution in [2.45, 2.75) is 63.0 Å². The molecular formula is C16H27N3O9. The highest BCUT2D eigenvalue weighted by molar-refractivity contribution is 6.23. The number of rotatable bonds is 6. The van der Waals surface area contributed by atoms with E-state index in [2.05, 4.69) is 10.1 Å². The van der Waals surface area contributed by atoms with Crippen LogP contribution >= 0.6 is 0 Å². The lowest BCUT2D eigenvalue weighted by Crippen LogP contribution is -2.63. The molecule has 4 unspecified atom stereocenters. The summed E-state index contributed by atoms with van der Waals surface area (Å²) in [5, 5.41) is 52.0. The van der Waals surface area contributed by atoms with Gasteiger partial charge in [-0.25, -0.2) is 0 Å². The first-order chi connectivity index (χ1) is 13.2. The molecule has 2 rings (SSSR count). The maximum atomic E-state index is 11.6. The Kier molecular flexibility index (Phi) is 8.01. The molecule has 0 aromatic carbocycles. The first kappa shape index (κ1) is 22.8. The number of nitrogens with zero attached hydrogens (tertiary/aromatic N) is 2. The quantitative estimate of drug-likeness (QED) is 0.148. The maximum absolute atomic E-state index is 11.6. The third-order valence-electron chi connectivity index (χ3n) is 5.16. The average Bonchev–Trinajstić information content (AvgIpc) is 2.67. The van der Waals surface area contributed by atoms with Gasteiger partial charge in [0.2, 0.25) is 0 Å². The van der Waals surface area contributed by atoms with E-state index in [1.54, 1.807) is 13.8 Å². The molecule has 0 bridgehead atoms. The van der Waals surface area contributed by atoms with E-state index in [0.29, 0.717) is 6.21 Å². The van der Waals surface area contributed by atoms with Gasteiger partial charge in [-0.1, -0.05) is 13.8 Å². The van der Waals surface area contributed by atoms with Crippen LogP contribution in [0.3, 0.4) is 0 Å². The molecule has 2 aliphatic rings. The zero-order valence-electron chi connectivity index (χ0n) is 15.5. The molecule has 12 nitrogen and oxygen atoms in total. The molecule has 1 amide bonds. The van der Waals surface area contributed by atoms with Gasteiger partial charge >= 0.3 is 12.1 Å². The summed E-state index contributed by atoms with van der Waals surface area (Å²) in [5.74, 6) is -2.13. The van der Waals surface area contributed by atoms with Crippen LogP contribution in [0.2, 0.25) is 0 Å². The van der Waals surface area contributed by atoms with Crippen LogP contribution < -0.4 is 5.32 Å². The van der Waals surface area contributed by atoms with Gasteiger partial charge in [0.1, 0.15) is 30.6 Å². The van der Waals surface area contributed by atoms with Crippen LogP contribution in [0.5, 0.6) is 0 Å². The Hall–Kier alpha value is -1.47. The number of carbonyl (C=O) groups is 1. The van der Waals surface area contributed by atoms with Crippen LogP contribution in [0.15, 0.2) is 0 Å². The predicted octanol–water partition coefficient (Wildman–Crippen LogP) is -3.42. The molecule has 12 heteroatoms. The summed E-state index contributed by atoms with van der Waals surface area (Å²) in [7, 11) is 0. The molecule has 0 aromatic rings. The lowest BCUT2D eigenvalue weighted by Gasteiger charge is -2.47. The summed E-state index contributed by atoms with van der Waals surface area (Å²) < 4.78 is 16.9. The fraction of sp³-hybridized carbons (Fsp3) is 0.875. The Bertz CT molecular complexity index is 584. The van der Waals surface area contributed by atoms with Crippen molar-refractivity contribution in [3.8, 4) is 0 Å². The molecule has 0 spiro atoms. The standard InChI is InChI=1S/C16H27N3O9/c1-6-12(24)14(9(5-21)26-15(6)19-10(22)3-18-17)28-16-7(2)11(23)13(25)8(4-20)27-16/h3,6-9,11-16,20-21,23-25H,4-5H2,1-2H3,(H,19,22)/t6?,7?,8?,9?,11-,12-,13+,14+,15-,16+/m1/s1. The molecule has 2 aliphatic heterocycles. The molecule has 28 heavy (non-hydrogen) atoms. The number of nitrogens with one attached hydrogen (secondary N) is 1. The van der Waals surface area contributed by atoms with Crippen LogP contribution in [0, 0.1) is 11.8 Å². The van der Waals surface area contributed by atoms with Crippen molar-refractivity contribution in [3.63, 3.8) is 0 Å². The fourth-order valence-corrected chi connectivity index (χ4v) is 3.33. The molecule has 2 fully saturated rings. The molecule has 10 atom stereocenters. The van der Waals surface area contributed by atoms with Gasteiger partial charge in [0, 0.05) is 11.8 Å². The average molecular weight is 405 g/mol. The summed E-state index contributed by atoms with van der Waals surface area (Å²) >= 11 is 0. The van der Waals surface area contributed by atoms with Crippen LogP contribution in [0.4, 0.5) is 0 Å². The van der Waals surface area contributed by atoms with Crippen molar-refractivity contribution in [1.29, 1.82) is 0 Å².